The minimum Gasteiger partial charge on any atom is -0.313 e. The summed E-state index contributed by atoms with van der Waals surface area (Å²) < 4.78 is 0. The lowest BCUT2D eigenvalue weighted by molar-refractivity contribution is 0.720. The number of aryl methyl sites for hydroxylation is 1. The molecular formula is C16H22N4. The first-order valence-corrected chi connectivity index (χ1v) is 7.10. The third-order valence-corrected chi connectivity index (χ3v) is 3.17. The summed E-state index contributed by atoms with van der Waals surface area (Å²) in [6, 6.07) is 8.43. The topological polar surface area (TPSA) is 41.1 Å². The summed E-state index contributed by atoms with van der Waals surface area (Å²) in [5.41, 5.74) is 3.49. The zero-order chi connectivity index (χ0) is 14.4. The fraction of sp³-hybridized carbons (Fsp3) is 0.375. The van der Waals surface area contributed by atoms with Gasteiger partial charge in [0.2, 0.25) is 5.95 Å². The highest BCUT2D eigenvalue weighted by atomic mass is 15.2. The van der Waals surface area contributed by atoms with E-state index in [0.29, 0.717) is 0 Å². The molecule has 1 heterocycles. The van der Waals surface area contributed by atoms with Crippen LogP contribution in [0.5, 0.6) is 0 Å². The molecule has 106 valence electrons. The number of hydrogen-bond acceptors (Lipinski definition) is 4. The highest BCUT2D eigenvalue weighted by Gasteiger charge is 2.09. The molecular weight excluding hydrogens is 248 g/mol. The van der Waals surface area contributed by atoms with Crippen molar-refractivity contribution in [1.29, 1.82) is 0 Å². The van der Waals surface area contributed by atoms with E-state index in [9.17, 15) is 0 Å². The van der Waals surface area contributed by atoms with Gasteiger partial charge >= 0.3 is 0 Å². The van der Waals surface area contributed by atoms with E-state index in [2.05, 4.69) is 65.2 Å². The predicted octanol–water partition coefficient (Wildman–Crippen LogP) is 3.05. The first-order valence-electron chi connectivity index (χ1n) is 7.10. The highest BCUT2D eigenvalue weighted by molar-refractivity contribution is 5.57. The zero-order valence-corrected chi connectivity index (χ0v) is 12.4. The lowest BCUT2D eigenvalue weighted by atomic mass is 10.2. The van der Waals surface area contributed by atoms with Crippen LogP contribution < -0.4 is 10.2 Å². The van der Waals surface area contributed by atoms with E-state index in [1.807, 2.05) is 12.4 Å². The van der Waals surface area contributed by atoms with Crippen molar-refractivity contribution >= 4 is 11.6 Å². The molecule has 20 heavy (non-hydrogen) atoms. The molecule has 1 aromatic carbocycles. The number of nitrogens with zero attached hydrogens (tertiary/aromatic N) is 3. The molecule has 4 heteroatoms. The van der Waals surface area contributed by atoms with Crippen LogP contribution in [0.2, 0.25) is 0 Å². The minimum atomic E-state index is 0.747. The molecule has 0 unspecified atom stereocenters. The number of nitrogens with one attached hydrogen (secondary N) is 1. The number of anilines is 2. The van der Waals surface area contributed by atoms with Crippen LogP contribution in [-0.4, -0.2) is 23.1 Å². The van der Waals surface area contributed by atoms with Gasteiger partial charge in [-0.25, -0.2) is 9.97 Å². The Hall–Kier alpha value is -1.94. The van der Waals surface area contributed by atoms with E-state index in [4.69, 9.17) is 0 Å². The van der Waals surface area contributed by atoms with Gasteiger partial charge in [-0.2, -0.15) is 0 Å². The molecule has 1 aromatic heterocycles. The first kappa shape index (κ1) is 14.5. The van der Waals surface area contributed by atoms with E-state index >= 15 is 0 Å². The fourth-order valence-electron chi connectivity index (χ4n) is 2.01. The Balaban J connectivity index is 2.17. The maximum atomic E-state index is 4.48. The molecule has 0 atom stereocenters. The first-order chi connectivity index (χ1) is 9.74. The van der Waals surface area contributed by atoms with Crippen LogP contribution in [0, 0.1) is 6.92 Å². The van der Waals surface area contributed by atoms with Gasteiger partial charge in [-0.3, -0.25) is 0 Å². The second-order valence-corrected chi connectivity index (χ2v) is 4.75. The van der Waals surface area contributed by atoms with Gasteiger partial charge in [0.25, 0.3) is 0 Å². The average Bonchev–Trinajstić information content (AvgIpc) is 2.49. The van der Waals surface area contributed by atoms with E-state index < -0.39 is 0 Å². The predicted molar refractivity (Wildman–Crippen MR) is 83.3 cm³/mol. The molecule has 0 saturated carbocycles. The second-order valence-electron chi connectivity index (χ2n) is 4.75. The van der Waals surface area contributed by atoms with Gasteiger partial charge in [0.15, 0.2) is 0 Å². The second kappa shape index (κ2) is 7.01. The van der Waals surface area contributed by atoms with Crippen molar-refractivity contribution in [3.8, 4) is 0 Å². The van der Waals surface area contributed by atoms with Crippen LogP contribution in [0.25, 0.3) is 0 Å². The minimum absolute atomic E-state index is 0.747. The third-order valence-electron chi connectivity index (χ3n) is 3.17. The van der Waals surface area contributed by atoms with Crippen LogP contribution in [0.4, 0.5) is 11.6 Å². The smallest absolute Gasteiger partial charge is 0.229 e. The summed E-state index contributed by atoms with van der Waals surface area (Å²) in [5, 5.41) is 3.27. The largest absolute Gasteiger partial charge is 0.313 e. The molecule has 2 aromatic rings. The normalized spacial score (nSPS) is 10.6. The van der Waals surface area contributed by atoms with Crippen LogP contribution in [-0.2, 0) is 6.54 Å². The summed E-state index contributed by atoms with van der Waals surface area (Å²) in [6.45, 7) is 8.89. The van der Waals surface area contributed by atoms with E-state index in [0.717, 1.165) is 36.8 Å². The van der Waals surface area contributed by atoms with Crippen molar-refractivity contribution < 1.29 is 0 Å². The quantitative estimate of drug-likeness (QED) is 0.876. The maximum Gasteiger partial charge on any atom is 0.229 e. The summed E-state index contributed by atoms with van der Waals surface area (Å²) in [6.07, 6.45) is 3.78. The molecule has 0 spiro atoms. The summed E-state index contributed by atoms with van der Waals surface area (Å²) in [7, 11) is 0. The number of hydrogen-bond donors (Lipinski definition) is 1. The van der Waals surface area contributed by atoms with Gasteiger partial charge in [0.1, 0.15) is 0 Å². The molecule has 0 radical (unpaired) electrons. The van der Waals surface area contributed by atoms with Crippen LogP contribution in [0.1, 0.15) is 25.0 Å². The third kappa shape index (κ3) is 3.54. The van der Waals surface area contributed by atoms with Crippen molar-refractivity contribution in [3.63, 3.8) is 0 Å². The van der Waals surface area contributed by atoms with Crippen LogP contribution in [0.3, 0.4) is 0 Å². The van der Waals surface area contributed by atoms with Gasteiger partial charge in [0, 0.05) is 36.7 Å². The SMILES string of the molecule is CCNCc1cnc(N(CC)c2ccc(C)cc2)nc1. The molecule has 1 N–H and O–H groups in total. The Morgan fingerprint density at radius 2 is 1.70 bits per heavy atom. The Morgan fingerprint density at radius 1 is 1.05 bits per heavy atom. The van der Waals surface area contributed by atoms with E-state index in [1.165, 1.54) is 5.56 Å². The lowest BCUT2D eigenvalue weighted by Crippen LogP contribution is -2.19. The molecule has 2 rings (SSSR count). The molecule has 0 amide bonds. The van der Waals surface area contributed by atoms with E-state index in [1.54, 1.807) is 0 Å². The van der Waals surface area contributed by atoms with Gasteiger partial charge in [-0.1, -0.05) is 24.6 Å². The fourth-order valence-corrected chi connectivity index (χ4v) is 2.01. The Morgan fingerprint density at radius 3 is 2.25 bits per heavy atom. The Bertz CT molecular complexity index is 519. The maximum absolute atomic E-state index is 4.48. The monoisotopic (exact) mass is 270 g/mol. The van der Waals surface area contributed by atoms with Crippen molar-refractivity contribution in [2.45, 2.75) is 27.3 Å². The molecule has 0 saturated heterocycles. The highest BCUT2D eigenvalue weighted by Crippen LogP contribution is 2.21. The van der Waals surface area contributed by atoms with Crippen LogP contribution in [0.15, 0.2) is 36.7 Å². The number of benzene rings is 1. The average molecular weight is 270 g/mol. The number of rotatable bonds is 6. The lowest BCUT2D eigenvalue weighted by Gasteiger charge is -2.21. The van der Waals surface area contributed by atoms with Gasteiger partial charge in [-0.15, -0.1) is 0 Å². The van der Waals surface area contributed by atoms with Gasteiger partial charge < -0.3 is 10.2 Å². The standard InChI is InChI=1S/C16H22N4/c1-4-17-10-14-11-18-16(19-12-14)20(5-2)15-8-6-13(3)7-9-15/h6-9,11-12,17H,4-5,10H2,1-3H3. The zero-order valence-electron chi connectivity index (χ0n) is 12.4. The number of aromatic nitrogens is 2. The van der Waals surface area contributed by atoms with E-state index in [-0.39, 0.29) is 0 Å². The molecule has 0 aliphatic rings. The van der Waals surface area contributed by atoms with Crippen molar-refractivity contribution in [3.05, 3.63) is 47.8 Å². The van der Waals surface area contributed by atoms with Crippen molar-refractivity contribution in [2.24, 2.45) is 0 Å². The molecule has 0 aliphatic carbocycles. The molecule has 4 nitrogen and oxygen atoms in total. The van der Waals surface area contributed by atoms with Crippen molar-refractivity contribution in [2.75, 3.05) is 18.0 Å². The van der Waals surface area contributed by atoms with Gasteiger partial charge in [0.05, 0.1) is 0 Å². The summed E-state index contributed by atoms with van der Waals surface area (Å²) in [4.78, 5) is 11.1. The molecule has 0 aliphatic heterocycles. The summed E-state index contributed by atoms with van der Waals surface area (Å²) in [5.74, 6) is 0.747. The van der Waals surface area contributed by atoms with Crippen molar-refractivity contribution in [1.82, 2.24) is 15.3 Å². The van der Waals surface area contributed by atoms with Gasteiger partial charge in [-0.05, 0) is 32.5 Å². The summed E-state index contributed by atoms with van der Waals surface area (Å²) >= 11 is 0. The Kier molecular flexibility index (Phi) is 5.07. The van der Waals surface area contributed by atoms with Crippen LogP contribution >= 0.6 is 0 Å². The molecule has 0 fully saturated rings. The Labute approximate surface area is 120 Å². The molecule has 0 bridgehead atoms.